The molecule has 19 rings (SSSR count). The SMILES string of the molecule is CCCn1cc(-c2nc(Nc3ccc(C(=O)Nc4cccc5c4C(=O)N(C4CCC(=O)NC4=O)C5=O)cc3)nc3[nH]ccc23)cn1.CCCn1cc(-c2nc(Nc3ccc(C(=O)O)cc3)nc3[nH]ccc23)cn1.CCCn1cc(-c2nc(Nc3ccc(C(=O)OC)cc3)nc3c2ccn3S(=O)(=O)c2ccc(C)cc2)cn1.Nc1cccc2c1C(=O)N(C1CCC(=O)NC1=O)C2=O. The second-order valence-corrected chi connectivity index (χ2v) is 32.4. The van der Waals surface area contributed by atoms with E-state index in [-0.39, 0.29) is 81.4 Å². The zero-order chi connectivity index (χ0) is 92.1. The summed E-state index contributed by atoms with van der Waals surface area (Å²) < 4.78 is 38.7. The number of methoxy groups -OCH3 is 1. The summed E-state index contributed by atoms with van der Waals surface area (Å²) in [6, 6.07) is 39.0. The number of nitrogens with one attached hydrogen (secondary N) is 8. The van der Waals surface area contributed by atoms with E-state index in [4.69, 9.17) is 25.5 Å². The Bertz CT molecular complexity index is 7180. The Hall–Kier alpha value is -17.1. The number of aryl methyl sites for hydroxylation is 4. The largest absolute Gasteiger partial charge is 0.478 e. The minimum absolute atomic E-state index is 0.00302. The summed E-state index contributed by atoms with van der Waals surface area (Å²) in [5, 5.41) is 41.1. The van der Waals surface area contributed by atoms with Gasteiger partial charge in [0.2, 0.25) is 41.5 Å². The van der Waals surface area contributed by atoms with Crippen LogP contribution in [0.25, 0.3) is 66.9 Å². The number of nitrogen functional groups attached to an aromatic ring is 1. The first-order valence-electron chi connectivity index (χ1n) is 41.4. The number of hydrogen-bond donors (Lipinski definition) is 10. The number of carboxylic acids is 1. The predicted molar refractivity (Wildman–Crippen MR) is 480 cm³/mol. The molecule has 2 fully saturated rings. The summed E-state index contributed by atoms with van der Waals surface area (Å²) in [6.07, 6.45) is 19.4. The van der Waals surface area contributed by atoms with Crippen molar-refractivity contribution in [2.75, 3.05) is 34.1 Å². The molecule has 15 aromatic rings. The number of nitrogens with two attached hydrogens (primary N) is 1. The zero-order valence-electron chi connectivity index (χ0n) is 70.7. The number of carboxylic acid groups (broad SMARTS) is 1. The molecule has 662 valence electrons. The third kappa shape index (κ3) is 18.3. The molecular weight excluding hydrogens is 1700 g/mol. The number of imide groups is 4. The molecule has 2 atom stereocenters. The number of fused-ring (bicyclic) bond motifs is 5. The van der Waals surface area contributed by atoms with Crippen LogP contribution in [0.5, 0.6) is 0 Å². The molecule has 2 unspecified atom stereocenters. The van der Waals surface area contributed by atoms with Crippen LogP contribution in [0.1, 0.15) is 144 Å². The van der Waals surface area contributed by atoms with Crippen molar-refractivity contribution in [3.63, 3.8) is 0 Å². The number of nitrogens with zero attached hydrogens (tertiary/aromatic N) is 15. The van der Waals surface area contributed by atoms with E-state index >= 15 is 0 Å². The van der Waals surface area contributed by atoms with Crippen molar-refractivity contribution in [2.45, 2.75) is 109 Å². The third-order valence-electron chi connectivity index (χ3n) is 21.6. The monoisotopic (exact) mass is 1780 g/mol. The lowest BCUT2D eigenvalue weighted by atomic mass is 10.0. The van der Waals surface area contributed by atoms with Gasteiger partial charge in [-0.2, -0.15) is 30.2 Å². The minimum atomic E-state index is -3.92. The second kappa shape index (κ2) is 37.2. The molecule has 6 aromatic carbocycles. The number of carbonyl (C=O) groups is 11. The molecule has 39 nitrogen and oxygen atoms in total. The Morgan fingerprint density at radius 2 is 0.939 bits per heavy atom. The quantitative estimate of drug-likeness (QED) is 0.0161. The van der Waals surface area contributed by atoms with Gasteiger partial charge in [0.05, 0.1) is 86.7 Å². The van der Waals surface area contributed by atoms with Gasteiger partial charge in [-0.05, 0) is 166 Å². The maximum Gasteiger partial charge on any atom is 0.337 e. The van der Waals surface area contributed by atoms with Crippen LogP contribution < -0.4 is 37.6 Å². The summed E-state index contributed by atoms with van der Waals surface area (Å²) >= 11 is 0. The molecule has 2 saturated heterocycles. The number of piperidine rings is 2. The number of aromatic carboxylic acids is 1. The Morgan fingerprint density at radius 1 is 0.504 bits per heavy atom. The Balaban J connectivity index is 0.000000133. The van der Waals surface area contributed by atoms with Crippen LogP contribution in [0.4, 0.5) is 46.3 Å². The highest BCUT2D eigenvalue weighted by Gasteiger charge is 2.47. The standard InChI is InChI=1S/C32H27N9O5.C27H26N6O4S.C19H18N6O2.C13H11N3O4/c1-2-14-40-16-18(15-34-40)26-21-12-13-33-27(21)39-32(38-26)35-19-8-6-17(7-9-19)28(43)36-22-5-3-4-20-25(22)31(46)41(30(20)45)23-10-11-24(42)37-29(23)44;1-4-14-32-17-20(16-28-32)24-23-13-15-33(38(35,36)22-11-5-18(2)6-12-22)25(23)31-27(30-24)29-21-9-7-19(8-10-21)26(34)37-3;1-2-9-25-11-13(10-21-25)16-15-7-8-20-17(15)24-19(23-16)22-14-5-3-12(4-6-14)18(26)27;14-7-3-1-2-6-10(7)13(20)16(12(6)19)8-4-5-9(17)15-11(8)18/h3-9,12-13,15-16,23H,2,10-11,14H2,1H3,(H,36,43)(H,37,42,44)(H2,33,35,38,39);5-13,15-17H,4,14H2,1-3H3,(H,29,30,31);3-8,10-11H,2,9H2,1H3,(H,26,27)(H2,20,22,23,24);1-3,8H,4-5,14H2,(H,15,17,18). The van der Waals surface area contributed by atoms with E-state index in [1.807, 2.05) is 57.9 Å². The summed E-state index contributed by atoms with van der Waals surface area (Å²) in [7, 11) is -2.60. The van der Waals surface area contributed by atoms with Gasteiger partial charge < -0.3 is 46.8 Å². The molecule has 9 amide bonds. The van der Waals surface area contributed by atoms with Crippen LogP contribution in [-0.4, -0.2) is 181 Å². The van der Waals surface area contributed by atoms with Gasteiger partial charge in [-0.15, -0.1) is 0 Å². The average Bonchev–Trinajstić information content (AvgIpc) is 1.42. The van der Waals surface area contributed by atoms with Crippen molar-refractivity contribution in [3.05, 3.63) is 252 Å². The zero-order valence-corrected chi connectivity index (χ0v) is 71.5. The van der Waals surface area contributed by atoms with E-state index in [9.17, 15) is 61.2 Å². The fourth-order valence-electron chi connectivity index (χ4n) is 15.2. The molecule has 0 saturated carbocycles. The molecule has 0 spiro atoms. The highest BCUT2D eigenvalue weighted by molar-refractivity contribution is 7.90. The number of esters is 1. The fraction of sp³-hybridized carbons (Fsp3) is 0.187. The van der Waals surface area contributed by atoms with Crippen LogP contribution in [0, 0.1) is 6.92 Å². The number of aromatic nitrogens is 15. The van der Waals surface area contributed by atoms with Crippen molar-refractivity contribution >= 4 is 155 Å². The van der Waals surface area contributed by atoms with Crippen molar-refractivity contribution in [1.82, 2.24) is 93.6 Å². The maximum atomic E-state index is 13.6. The van der Waals surface area contributed by atoms with E-state index < -0.39 is 87.2 Å². The van der Waals surface area contributed by atoms with E-state index in [2.05, 4.69) is 97.9 Å². The normalized spacial score (nSPS) is 14.6. The van der Waals surface area contributed by atoms with Gasteiger partial charge in [0.15, 0.2) is 5.65 Å². The summed E-state index contributed by atoms with van der Waals surface area (Å²) in [4.78, 5) is 170. The third-order valence-corrected chi connectivity index (χ3v) is 23.2. The second-order valence-electron chi connectivity index (χ2n) is 30.6. The first-order chi connectivity index (χ1) is 63.2. The fourth-order valence-corrected chi connectivity index (χ4v) is 16.5. The minimum Gasteiger partial charge on any atom is -0.478 e. The van der Waals surface area contributed by atoms with Gasteiger partial charge in [-0.1, -0.05) is 50.6 Å². The van der Waals surface area contributed by atoms with Crippen molar-refractivity contribution in [1.29, 1.82) is 0 Å². The lowest BCUT2D eigenvalue weighted by Crippen LogP contribution is -2.54. The number of rotatable bonds is 23. The first kappa shape index (κ1) is 87.4. The predicted octanol–water partition coefficient (Wildman–Crippen LogP) is 11.8. The van der Waals surface area contributed by atoms with Crippen LogP contribution in [0.2, 0.25) is 0 Å². The van der Waals surface area contributed by atoms with Crippen LogP contribution in [0.3, 0.4) is 0 Å². The lowest BCUT2D eigenvalue weighted by molar-refractivity contribution is -0.137. The summed E-state index contributed by atoms with van der Waals surface area (Å²) in [5.74, 6) is -5.63. The maximum absolute atomic E-state index is 13.6. The summed E-state index contributed by atoms with van der Waals surface area (Å²) in [5.41, 5.74) is 16.5. The smallest absolute Gasteiger partial charge is 0.337 e. The Kier molecular flexibility index (Phi) is 24.8. The number of aromatic amines is 2. The van der Waals surface area contributed by atoms with Crippen molar-refractivity contribution < 1.29 is 71.0 Å². The molecule has 4 aliphatic heterocycles. The number of ether oxygens (including phenoxy) is 1. The van der Waals surface area contributed by atoms with Crippen molar-refractivity contribution in [3.8, 4) is 33.8 Å². The molecule has 131 heavy (non-hydrogen) atoms. The number of hydrogen-bond acceptors (Lipinski definition) is 27. The molecular formula is C91H82N24O15S. The number of anilines is 8. The number of benzene rings is 6. The number of amides is 9. The van der Waals surface area contributed by atoms with Crippen LogP contribution in [0.15, 0.2) is 212 Å². The number of carbonyl (C=O) groups excluding carboxylic acids is 10. The topological polar surface area (TPSA) is 523 Å². The Labute approximate surface area is 744 Å². The van der Waals surface area contributed by atoms with E-state index in [1.54, 1.807) is 128 Å². The average molecular weight is 1780 g/mol. The Morgan fingerprint density at radius 3 is 1.39 bits per heavy atom. The van der Waals surface area contributed by atoms with E-state index in [0.717, 1.165) is 93.1 Å². The highest BCUT2D eigenvalue weighted by atomic mass is 32.2. The van der Waals surface area contributed by atoms with Gasteiger partial charge in [0, 0.05) is 131 Å². The van der Waals surface area contributed by atoms with Gasteiger partial charge in [0.1, 0.15) is 23.4 Å². The van der Waals surface area contributed by atoms with Crippen LogP contribution >= 0.6 is 0 Å². The van der Waals surface area contributed by atoms with Gasteiger partial charge in [-0.3, -0.25) is 77.6 Å². The molecule has 0 aliphatic carbocycles. The lowest BCUT2D eigenvalue weighted by Gasteiger charge is -2.27. The van der Waals surface area contributed by atoms with Gasteiger partial charge in [0.25, 0.3) is 39.6 Å². The van der Waals surface area contributed by atoms with Gasteiger partial charge >= 0.3 is 11.9 Å². The molecule has 13 heterocycles. The molecule has 0 bridgehead atoms. The van der Waals surface area contributed by atoms with Gasteiger partial charge in [-0.25, -0.2) is 36.9 Å². The van der Waals surface area contributed by atoms with Crippen molar-refractivity contribution in [2.24, 2.45) is 0 Å². The molecule has 40 heteroatoms. The highest BCUT2D eigenvalue weighted by Crippen LogP contribution is 2.38. The molecule has 4 aliphatic rings. The molecule has 9 aromatic heterocycles. The molecule has 11 N–H and O–H groups in total. The number of H-pyrrole nitrogens is 2. The first-order valence-corrected chi connectivity index (χ1v) is 42.9. The van der Waals surface area contributed by atoms with E-state index in [0.29, 0.717) is 62.5 Å². The summed E-state index contributed by atoms with van der Waals surface area (Å²) in [6.45, 7) is 10.5. The van der Waals surface area contributed by atoms with Crippen LogP contribution in [-0.2, 0) is 53.6 Å². The molecule has 0 radical (unpaired) electrons. The van der Waals surface area contributed by atoms with E-state index in [1.165, 1.54) is 53.7 Å².